The maximum absolute atomic E-state index is 8.86. The maximum atomic E-state index is 8.86. The van der Waals surface area contributed by atoms with Gasteiger partial charge < -0.3 is 4.74 Å². The van der Waals surface area contributed by atoms with E-state index < -0.39 is 0 Å². The molecule has 2 heteroatoms. The molecule has 0 aromatic carbocycles. The van der Waals surface area contributed by atoms with Crippen LogP contribution in [0.4, 0.5) is 0 Å². The van der Waals surface area contributed by atoms with Gasteiger partial charge in [0, 0.05) is 11.8 Å². The van der Waals surface area contributed by atoms with Crippen LogP contribution in [0.1, 0.15) is 26.2 Å². The number of rotatable bonds is 2. The Kier molecular flexibility index (Phi) is 3.14. The van der Waals surface area contributed by atoms with E-state index in [0.29, 0.717) is 18.3 Å². The highest BCUT2D eigenvalue weighted by molar-refractivity contribution is 5.37. The number of methoxy groups -OCH3 is 1. The number of nitriles is 1. The second-order valence-electron chi connectivity index (χ2n) is 4.43. The first-order chi connectivity index (χ1) is 7.77. The lowest BCUT2D eigenvalue weighted by Crippen LogP contribution is -2.24. The predicted octanol–water partition coefficient (Wildman–Crippen LogP) is 3.34. The third-order valence-electron chi connectivity index (χ3n) is 3.57. The SMILES string of the molecule is COC1=CC=C2CCC=C(CC#N)C2C1C. The molecule has 0 aliphatic heterocycles. The average Bonchev–Trinajstić information content (AvgIpc) is 2.30. The van der Waals surface area contributed by atoms with Crippen LogP contribution in [0.3, 0.4) is 0 Å². The number of fused-ring (bicyclic) bond motifs is 1. The minimum absolute atomic E-state index is 0.366. The van der Waals surface area contributed by atoms with Gasteiger partial charge in [-0.05, 0) is 18.9 Å². The van der Waals surface area contributed by atoms with Gasteiger partial charge in [-0.15, -0.1) is 0 Å². The zero-order valence-electron chi connectivity index (χ0n) is 9.86. The Bertz CT molecular complexity index is 409. The fraction of sp³-hybridized carbons (Fsp3) is 0.500. The molecule has 0 aromatic heterocycles. The van der Waals surface area contributed by atoms with Crippen LogP contribution >= 0.6 is 0 Å². The van der Waals surface area contributed by atoms with E-state index in [-0.39, 0.29) is 0 Å². The standard InChI is InChI=1S/C14H17NO/c1-10-13(16-2)7-6-11-4-3-5-12(8-9-15)14(10)11/h5-7,10,14H,3-4,8H2,1-2H3. The van der Waals surface area contributed by atoms with E-state index in [9.17, 15) is 0 Å². The largest absolute Gasteiger partial charge is 0.501 e. The lowest BCUT2D eigenvalue weighted by atomic mass is 9.72. The summed E-state index contributed by atoms with van der Waals surface area (Å²) in [5, 5.41) is 8.86. The van der Waals surface area contributed by atoms with Crippen LogP contribution in [-0.2, 0) is 4.74 Å². The Labute approximate surface area is 96.9 Å². The van der Waals surface area contributed by atoms with E-state index in [1.54, 1.807) is 7.11 Å². The third kappa shape index (κ3) is 1.78. The molecule has 2 unspecified atom stereocenters. The van der Waals surface area contributed by atoms with Gasteiger partial charge in [-0.25, -0.2) is 0 Å². The Morgan fingerprint density at radius 2 is 2.31 bits per heavy atom. The molecule has 0 aromatic rings. The van der Waals surface area contributed by atoms with Crippen LogP contribution in [0.5, 0.6) is 0 Å². The molecule has 2 atom stereocenters. The van der Waals surface area contributed by atoms with Gasteiger partial charge in [0.1, 0.15) is 0 Å². The highest BCUT2D eigenvalue weighted by atomic mass is 16.5. The van der Waals surface area contributed by atoms with E-state index in [4.69, 9.17) is 10.00 Å². The van der Waals surface area contributed by atoms with Crippen molar-refractivity contribution in [1.29, 1.82) is 5.26 Å². The van der Waals surface area contributed by atoms with Crippen molar-refractivity contribution in [2.45, 2.75) is 26.2 Å². The summed E-state index contributed by atoms with van der Waals surface area (Å²) in [5.74, 6) is 1.79. The Hall–Kier alpha value is -1.49. The van der Waals surface area contributed by atoms with Crippen LogP contribution in [0.15, 0.2) is 35.1 Å². The smallest absolute Gasteiger partial charge is 0.0992 e. The molecule has 84 valence electrons. The monoisotopic (exact) mass is 215 g/mol. The zero-order valence-corrected chi connectivity index (χ0v) is 9.86. The van der Waals surface area contributed by atoms with Crippen LogP contribution in [0.25, 0.3) is 0 Å². The van der Waals surface area contributed by atoms with E-state index in [0.717, 1.165) is 18.6 Å². The maximum Gasteiger partial charge on any atom is 0.0992 e. The van der Waals surface area contributed by atoms with Crippen molar-refractivity contribution >= 4 is 0 Å². The van der Waals surface area contributed by atoms with Crippen molar-refractivity contribution in [1.82, 2.24) is 0 Å². The lowest BCUT2D eigenvalue weighted by molar-refractivity contribution is 0.225. The molecule has 0 N–H and O–H groups in total. The number of allylic oxidation sites excluding steroid dienone is 6. The van der Waals surface area contributed by atoms with Gasteiger partial charge in [-0.1, -0.05) is 30.2 Å². The van der Waals surface area contributed by atoms with Gasteiger partial charge in [0.05, 0.1) is 25.4 Å². The van der Waals surface area contributed by atoms with Crippen molar-refractivity contribution in [3.8, 4) is 6.07 Å². The van der Waals surface area contributed by atoms with Crippen LogP contribution < -0.4 is 0 Å². The molecule has 2 nitrogen and oxygen atoms in total. The van der Waals surface area contributed by atoms with E-state index in [2.05, 4.69) is 31.2 Å². The van der Waals surface area contributed by atoms with Crippen LogP contribution in [-0.4, -0.2) is 7.11 Å². The fourth-order valence-electron chi connectivity index (χ4n) is 2.81. The molecule has 2 rings (SSSR count). The Morgan fingerprint density at radius 3 is 3.00 bits per heavy atom. The highest BCUT2D eigenvalue weighted by Crippen LogP contribution is 2.42. The van der Waals surface area contributed by atoms with E-state index >= 15 is 0 Å². The summed E-state index contributed by atoms with van der Waals surface area (Å²) in [4.78, 5) is 0. The number of ether oxygens (including phenoxy) is 1. The first-order valence-corrected chi connectivity index (χ1v) is 5.78. The average molecular weight is 215 g/mol. The Morgan fingerprint density at radius 1 is 1.50 bits per heavy atom. The molecule has 0 saturated heterocycles. The van der Waals surface area contributed by atoms with Crippen LogP contribution in [0, 0.1) is 23.2 Å². The summed E-state index contributed by atoms with van der Waals surface area (Å²) < 4.78 is 5.39. The van der Waals surface area contributed by atoms with E-state index in [1.807, 2.05) is 0 Å². The van der Waals surface area contributed by atoms with Gasteiger partial charge in [0.2, 0.25) is 0 Å². The summed E-state index contributed by atoms with van der Waals surface area (Å²) in [6, 6.07) is 2.27. The van der Waals surface area contributed by atoms with Gasteiger partial charge in [0.25, 0.3) is 0 Å². The number of hydrogen-bond donors (Lipinski definition) is 0. The highest BCUT2D eigenvalue weighted by Gasteiger charge is 2.32. The molecular formula is C14H17NO. The molecule has 0 bridgehead atoms. The van der Waals surface area contributed by atoms with Gasteiger partial charge in [0.15, 0.2) is 0 Å². The quantitative estimate of drug-likeness (QED) is 0.662. The number of nitrogens with zero attached hydrogens (tertiary/aromatic N) is 1. The molecule has 0 spiro atoms. The van der Waals surface area contributed by atoms with Crippen molar-refractivity contribution in [3.63, 3.8) is 0 Å². The first-order valence-electron chi connectivity index (χ1n) is 5.78. The van der Waals surface area contributed by atoms with Crippen LogP contribution in [0.2, 0.25) is 0 Å². The fourth-order valence-corrected chi connectivity index (χ4v) is 2.81. The van der Waals surface area contributed by atoms with Crippen molar-refractivity contribution in [2.75, 3.05) is 7.11 Å². The minimum Gasteiger partial charge on any atom is -0.501 e. The first kappa shape index (κ1) is 11.0. The summed E-state index contributed by atoms with van der Waals surface area (Å²) in [5.41, 5.74) is 2.73. The third-order valence-corrected chi connectivity index (χ3v) is 3.57. The summed E-state index contributed by atoms with van der Waals surface area (Å²) in [6.07, 6.45) is 9.23. The minimum atomic E-state index is 0.366. The van der Waals surface area contributed by atoms with Crippen molar-refractivity contribution in [3.05, 3.63) is 35.1 Å². The second-order valence-corrected chi connectivity index (χ2v) is 4.43. The van der Waals surface area contributed by atoms with Crippen molar-refractivity contribution < 1.29 is 4.74 Å². The zero-order chi connectivity index (χ0) is 11.5. The molecule has 0 fully saturated rings. The predicted molar refractivity (Wildman–Crippen MR) is 63.4 cm³/mol. The Balaban J connectivity index is 2.32. The molecule has 0 amide bonds. The molecule has 2 aliphatic rings. The second kappa shape index (κ2) is 4.57. The van der Waals surface area contributed by atoms with Crippen molar-refractivity contribution in [2.24, 2.45) is 11.8 Å². The topological polar surface area (TPSA) is 33.0 Å². The molecular weight excluding hydrogens is 198 g/mol. The van der Waals surface area contributed by atoms with E-state index in [1.165, 1.54) is 11.1 Å². The molecule has 0 saturated carbocycles. The molecule has 0 heterocycles. The van der Waals surface area contributed by atoms with Gasteiger partial charge in [-0.2, -0.15) is 5.26 Å². The molecule has 2 aliphatic carbocycles. The summed E-state index contributed by atoms with van der Waals surface area (Å²) in [7, 11) is 1.72. The van der Waals surface area contributed by atoms with Gasteiger partial charge >= 0.3 is 0 Å². The summed E-state index contributed by atoms with van der Waals surface area (Å²) >= 11 is 0. The summed E-state index contributed by atoms with van der Waals surface area (Å²) in [6.45, 7) is 2.18. The normalized spacial score (nSPS) is 28.2. The van der Waals surface area contributed by atoms with Gasteiger partial charge in [-0.3, -0.25) is 0 Å². The number of hydrogen-bond acceptors (Lipinski definition) is 2. The lowest BCUT2D eigenvalue weighted by Gasteiger charge is -2.34. The molecule has 0 radical (unpaired) electrons. The molecule has 16 heavy (non-hydrogen) atoms.